The maximum absolute atomic E-state index is 12.7. The molecule has 2 aromatic rings. The molecule has 0 bridgehead atoms. The topological polar surface area (TPSA) is 58.1 Å². The number of carbonyl (C=O) groups is 1. The highest BCUT2D eigenvalue weighted by Gasteiger charge is 2.16. The van der Waals surface area contributed by atoms with Gasteiger partial charge < -0.3 is 10.2 Å². The van der Waals surface area contributed by atoms with Crippen molar-refractivity contribution in [3.8, 4) is 0 Å². The molecule has 0 saturated heterocycles. The summed E-state index contributed by atoms with van der Waals surface area (Å²) >= 11 is 0. The summed E-state index contributed by atoms with van der Waals surface area (Å²) in [5.74, 6) is 0.00819. The van der Waals surface area contributed by atoms with Gasteiger partial charge in [-0.2, -0.15) is 0 Å². The van der Waals surface area contributed by atoms with Gasteiger partial charge in [0.05, 0.1) is 11.3 Å². The molecule has 1 N–H and O–H groups in total. The van der Waals surface area contributed by atoms with E-state index in [9.17, 15) is 4.79 Å². The molecule has 1 saturated carbocycles. The van der Waals surface area contributed by atoms with Crippen molar-refractivity contribution >= 4 is 11.6 Å². The van der Waals surface area contributed by atoms with Gasteiger partial charge >= 0.3 is 0 Å². The summed E-state index contributed by atoms with van der Waals surface area (Å²) in [5, 5.41) is 3.53. The van der Waals surface area contributed by atoms with Crippen molar-refractivity contribution in [3.05, 3.63) is 54.1 Å². The fourth-order valence-electron chi connectivity index (χ4n) is 3.29. The van der Waals surface area contributed by atoms with Gasteiger partial charge in [-0.25, -0.2) is 0 Å². The molecule has 5 heteroatoms. The molecule has 0 atom stereocenters. The van der Waals surface area contributed by atoms with Crippen molar-refractivity contribution in [2.45, 2.75) is 44.6 Å². The number of anilines is 1. The quantitative estimate of drug-likeness (QED) is 0.875. The van der Waals surface area contributed by atoms with Crippen molar-refractivity contribution < 1.29 is 4.79 Å². The number of likely N-dealkylation sites (N-methyl/N-ethyl adjacent to an activating group) is 1. The van der Waals surface area contributed by atoms with Gasteiger partial charge in [-0.15, -0.1) is 0 Å². The number of aromatic nitrogens is 2. The number of pyridine rings is 2. The van der Waals surface area contributed by atoms with Gasteiger partial charge in [0.25, 0.3) is 5.91 Å². The first-order valence-electron chi connectivity index (χ1n) is 9.08. The van der Waals surface area contributed by atoms with Crippen LogP contribution in [0.15, 0.2) is 43.0 Å². The molecule has 132 valence electrons. The third kappa shape index (κ3) is 5.02. The first-order valence-corrected chi connectivity index (χ1v) is 9.08. The number of rotatable bonds is 6. The summed E-state index contributed by atoms with van der Waals surface area (Å²) < 4.78 is 0. The molecule has 0 spiro atoms. The van der Waals surface area contributed by atoms with Gasteiger partial charge in [0, 0.05) is 44.4 Å². The standard InChI is InChI=1S/C20H26N4O/c1-24(12-9-16-7-10-21-11-8-16)20(25)17-13-19(15-22-14-17)23-18-5-3-2-4-6-18/h7-8,10-11,13-15,18,23H,2-6,9,12H2,1H3. The molecular weight excluding hydrogens is 312 g/mol. The highest BCUT2D eigenvalue weighted by molar-refractivity contribution is 5.94. The largest absolute Gasteiger partial charge is 0.381 e. The summed E-state index contributed by atoms with van der Waals surface area (Å²) in [5.41, 5.74) is 2.76. The van der Waals surface area contributed by atoms with Crippen LogP contribution in [0.4, 0.5) is 5.69 Å². The Morgan fingerprint density at radius 2 is 1.92 bits per heavy atom. The van der Waals surface area contributed by atoms with Gasteiger partial charge in [-0.3, -0.25) is 14.8 Å². The van der Waals surface area contributed by atoms with E-state index >= 15 is 0 Å². The van der Waals surface area contributed by atoms with Crippen molar-refractivity contribution in [2.75, 3.05) is 18.9 Å². The Kier molecular flexibility index (Phi) is 5.99. The molecule has 0 aromatic carbocycles. The summed E-state index contributed by atoms with van der Waals surface area (Å²) in [6.07, 6.45) is 14.1. The van der Waals surface area contributed by atoms with Crippen molar-refractivity contribution in [1.29, 1.82) is 0 Å². The average molecular weight is 338 g/mol. The van der Waals surface area contributed by atoms with Gasteiger partial charge in [-0.05, 0) is 43.0 Å². The lowest BCUT2D eigenvalue weighted by molar-refractivity contribution is 0.0796. The van der Waals surface area contributed by atoms with Crippen molar-refractivity contribution in [3.63, 3.8) is 0 Å². The van der Waals surface area contributed by atoms with E-state index < -0.39 is 0 Å². The molecule has 2 aromatic heterocycles. The molecule has 25 heavy (non-hydrogen) atoms. The van der Waals surface area contributed by atoms with Crippen LogP contribution in [0.25, 0.3) is 0 Å². The third-order valence-electron chi connectivity index (χ3n) is 4.79. The lowest BCUT2D eigenvalue weighted by atomic mass is 9.95. The molecule has 1 aliphatic rings. The average Bonchev–Trinajstić information content (AvgIpc) is 2.67. The van der Waals surface area contributed by atoms with Crippen LogP contribution in [0, 0.1) is 0 Å². The van der Waals surface area contributed by atoms with Crippen molar-refractivity contribution in [1.82, 2.24) is 14.9 Å². The smallest absolute Gasteiger partial charge is 0.255 e. The van der Waals surface area contributed by atoms with E-state index in [4.69, 9.17) is 0 Å². The van der Waals surface area contributed by atoms with Gasteiger partial charge in [0.1, 0.15) is 0 Å². The van der Waals surface area contributed by atoms with E-state index in [2.05, 4.69) is 15.3 Å². The lowest BCUT2D eigenvalue weighted by Crippen LogP contribution is -2.29. The van der Waals surface area contributed by atoms with Crippen LogP contribution in [-0.2, 0) is 6.42 Å². The first-order chi connectivity index (χ1) is 12.2. The minimum atomic E-state index is 0.00819. The van der Waals surface area contributed by atoms with E-state index in [0.29, 0.717) is 18.2 Å². The van der Waals surface area contributed by atoms with Crippen molar-refractivity contribution in [2.24, 2.45) is 0 Å². The number of carbonyl (C=O) groups excluding carboxylic acids is 1. The second-order valence-electron chi connectivity index (χ2n) is 6.77. The van der Waals surface area contributed by atoms with E-state index in [1.54, 1.807) is 23.5 Å². The number of hydrogen-bond acceptors (Lipinski definition) is 4. The van der Waals surface area contributed by atoms with E-state index in [1.165, 1.54) is 37.7 Å². The van der Waals surface area contributed by atoms with Gasteiger partial charge in [0.2, 0.25) is 0 Å². The Morgan fingerprint density at radius 1 is 1.16 bits per heavy atom. The Hall–Kier alpha value is -2.43. The third-order valence-corrected chi connectivity index (χ3v) is 4.79. The molecule has 5 nitrogen and oxygen atoms in total. The molecule has 0 unspecified atom stereocenters. The Labute approximate surface area is 149 Å². The van der Waals surface area contributed by atoms with Gasteiger partial charge in [0.15, 0.2) is 0 Å². The van der Waals surface area contributed by atoms with Crippen LogP contribution in [0.2, 0.25) is 0 Å². The molecule has 1 aliphatic carbocycles. The fraction of sp³-hybridized carbons (Fsp3) is 0.450. The Morgan fingerprint density at radius 3 is 2.68 bits per heavy atom. The number of nitrogens with one attached hydrogen (secondary N) is 1. The first kappa shape index (κ1) is 17.4. The van der Waals surface area contributed by atoms with Crippen LogP contribution in [0.5, 0.6) is 0 Å². The summed E-state index contributed by atoms with van der Waals surface area (Å²) in [7, 11) is 1.84. The molecule has 1 fully saturated rings. The number of amides is 1. The molecule has 1 amide bonds. The minimum Gasteiger partial charge on any atom is -0.381 e. The summed E-state index contributed by atoms with van der Waals surface area (Å²) in [6.45, 7) is 0.670. The summed E-state index contributed by atoms with van der Waals surface area (Å²) in [4.78, 5) is 22.7. The number of nitrogens with zero attached hydrogens (tertiary/aromatic N) is 3. The maximum atomic E-state index is 12.7. The molecule has 3 rings (SSSR count). The molecule has 2 heterocycles. The Bertz CT molecular complexity index is 683. The fourth-order valence-corrected chi connectivity index (χ4v) is 3.29. The highest BCUT2D eigenvalue weighted by atomic mass is 16.2. The highest BCUT2D eigenvalue weighted by Crippen LogP contribution is 2.21. The Balaban J connectivity index is 1.58. The van der Waals surface area contributed by atoms with E-state index in [0.717, 1.165) is 12.1 Å². The van der Waals surface area contributed by atoms with Crippen LogP contribution in [-0.4, -0.2) is 40.4 Å². The number of hydrogen-bond donors (Lipinski definition) is 1. The molecular formula is C20H26N4O. The van der Waals surface area contributed by atoms with E-state index in [-0.39, 0.29) is 5.91 Å². The van der Waals surface area contributed by atoms with Crippen LogP contribution < -0.4 is 5.32 Å². The molecule has 0 radical (unpaired) electrons. The molecule has 0 aliphatic heterocycles. The normalized spacial score (nSPS) is 14.9. The zero-order valence-corrected chi connectivity index (χ0v) is 14.8. The van der Waals surface area contributed by atoms with Crippen LogP contribution in [0.3, 0.4) is 0 Å². The maximum Gasteiger partial charge on any atom is 0.255 e. The zero-order chi connectivity index (χ0) is 17.5. The predicted octanol–water partition coefficient (Wildman–Crippen LogP) is 3.54. The second-order valence-corrected chi connectivity index (χ2v) is 6.77. The minimum absolute atomic E-state index is 0.00819. The second kappa shape index (κ2) is 8.60. The summed E-state index contributed by atoms with van der Waals surface area (Å²) in [6, 6.07) is 6.39. The SMILES string of the molecule is CN(CCc1ccncc1)C(=O)c1cncc(NC2CCCCC2)c1. The zero-order valence-electron chi connectivity index (χ0n) is 14.8. The monoisotopic (exact) mass is 338 g/mol. The predicted molar refractivity (Wildman–Crippen MR) is 99.6 cm³/mol. The van der Waals surface area contributed by atoms with Gasteiger partial charge in [-0.1, -0.05) is 19.3 Å². The van der Waals surface area contributed by atoms with Crippen LogP contribution in [0.1, 0.15) is 48.0 Å². The van der Waals surface area contributed by atoms with Crippen LogP contribution >= 0.6 is 0 Å². The lowest BCUT2D eigenvalue weighted by Gasteiger charge is -2.24. The van der Waals surface area contributed by atoms with E-state index in [1.807, 2.05) is 31.4 Å².